The summed E-state index contributed by atoms with van der Waals surface area (Å²) in [5.74, 6) is 2.53. The van der Waals surface area contributed by atoms with Gasteiger partial charge < -0.3 is 72.1 Å². The van der Waals surface area contributed by atoms with E-state index in [9.17, 15) is 4.79 Å². The molecule has 0 radical (unpaired) electrons. The summed E-state index contributed by atoms with van der Waals surface area (Å²) in [6.07, 6.45) is 35.0. The molecule has 4 bridgehead atoms. The Morgan fingerprint density at radius 2 is 0.690 bits per heavy atom. The Labute approximate surface area is 444 Å². The molecule has 4 aliphatic carbocycles. The number of ketones is 1. The van der Waals surface area contributed by atoms with Crippen LogP contribution in [0.25, 0.3) is 0 Å². The molecule has 0 aromatic rings. The molecule has 17 heteroatoms. The Kier molecular flexibility index (Phi) is 106. The summed E-state index contributed by atoms with van der Waals surface area (Å²) in [5.41, 5.74) is 1.43. The lowest BCUT2D eigenvalue weighted by Crippen LogP contribution is -2.71. The van der Waals surface area contributed by atoms with E-state index in [1.54, 1.807) is 38.2 Å². The topological polar surface area (TPSA) is 404 Å². The number of unbranched alkanes of at least 4 members (excludes halogenated alkanes) is 3. The van der Waals surface area contributed by atoms with Gasteiger partial charge in [0, 0.05) is 32.6 Å². The maximum absolute atomic E-state index is 11.0. The van der Waals surface area contributed by atoms with Crippen molar-refractivity contribution in [1.82, 2.24) is 91.7 Å². The Hall–Kier alpha value is -2.53. The molecule has 0 atom stereocenters. The molecular weight excluding hydrogens is 889 g/mol. The number of piperazine rings is 1. The molecule has 0 aromatic carbocycles. The molecule has 5 aliphatic heterocycles. The molecule has 5 heterocycles. The van der Waals surface area contributed by atoms with Crippen LogP contribution in [0, 0.1) is 17.3 Å². The summed E-state index contributed by atoms with van der Waals surface area (Å²) in [6.45, 7) is 52.5. The number of carbonyl (C=O) groups is 1. The van der Waals surface area contributed by atoms with E-state index in [-0.39, 0.29) is 72.7 Å². The van der Waals surface area contributed by atoms with Crippen LogP contribution in [0.1, 0.15) is 182 Å². The van der Waals surface area contributed by atoms with Gasteiger partial charge in [-0.1, -0.05) is 162 Å². The molecule has 0 aromatic heterocycles. The number of carbonyl (C=O) groups excluding carboxylic acids is 1. The van der Waals surface area contributed by atoms with Crippen molar-refractivity contribution in [1.29, 1.82) is 0 Å². The van der Waals surface area contributed by atoms with Gasteiger partial charge >= 0.3 is 0 Å². The summed E-state index contributed by atoms with van der Waals surface area (Å²) in [4.78, 5) is 20.9. The van der Waals surface area contributed by atoms with Gasteiger partial charge in [0.2, 0.25) is 0 Å². The van der Waals surface area contributed by atoms with Crippen LogP contribution < -0.4 is 72.1 Å². The fraction of sp³-hybridized carbons (Fsp3) is 0.759. The molecule has 9 rings (SSSR count). The van der Waals surface area contributed by atoms with E-state index in [0.717, 1.165) is 44.4 Å². The quantitative estimate of drug-likeness (QED) is 0.0899. The smallest absolute Gasteiger partial charge is 0.156 e. The van der Waals surface area contributed by atoms with E-state index >= 15 is 0 Å². The number of nitrogens with zero attached hydrogens (tertiary/aromatic N) is 4. The highest BCUT2D eigenvalue weighted by molar-refractivity contribution is 5.91. The molecule has 71 heavy (non-hydrogen) atoms. The number of allylic oxidation sites excluding steroid dienone is 2. The van der Waals surface area contributed by atoms with Gasteiger partial charge in [-0.2, -0.15) is 0 Å². The predicted octanol–water partition coefficient (Wildman–Crippen LogP) is 15.6. The number of nitrogens with one attached hydrogen (secondary N) is 2. The molecule has 0 unspecified atom stereocenters. The molecule has 0 spiro atoms. The van der Waals surface area contributed by atoms with Crippen molar-refractivity contribution < 1.29 is 4.79 Å². The first kappa shape index (κ1) is 101. The third kappa shape index (κ3) is 58.2. The van der Waals surface area contributed by atoms with Crippen LogP contribution in [0.3, 0.4) is 0 Å². The second kappa shape index (κ2) is 74.0. The molecular formula is C54H136N16O. The first-order valence-electron chi connectivity index (χ1n) is 24.8. The second-order valence-corrected chi connectivity index (χ2v) is 18.1. The minimum Gasteiger partial charge on any atom is -0.344 e. The fourth-order valence-corrected chi connectivity index (χ4v) is 9.38. The van der Waals surface area contributed by atoms with Crippen LogP contribution in [-0.2, 0) is 4.79 Å². The van der Waals surface area contributed by atoms with Crippen molar-refractivity contribution in [3.8, 4) is 0 Å². The zero-order valence-electron chi connectivity index (χ0n) is 48.9. The van der Waals surface area contributed by atoms with E-state index in [1.807, 2.05) is 6.92 Å². The van der Waals surface area contributed by atoms with Crippen LogP contribution in [0.15, 0.2) is 77.4 Å². The molecule has 8 fully saturated rings. The maximum Gasteiger partial charge on any atom is 0.156 e. The SMILES string of the molecule is C1CCC(CC2CCCCC2)CC1.C1CCCCC1.C1CNCCN1.C1N2CN3CN1CN(C2)C3.C=C.C=C.C=C.C=C.C=C.CC1=CC(=O)CC(C)(C)C1.CCCCCC.N.N.N.N.N.N.N.N.N.N. The lowest BCUT2D eigenvalue weighted by molar-refractivity contribution is -0.194. The van der Waals surface area contributed by atoms with Gasteiger partial charge in [0.15, 0.2) is 5.78 Å². The van der Waals surface area contributed by atoms with Gasteiger partial charge in [-0.25, -0.2) is 0 Å². The van der Waals surface area contributed by atoms with Gasteiger partial charge in [-0.15, -0.1) is 65.8 Å². The van der Waals surface area contributed by atoms with Crippen molar-refractivity contribution in [3.05, 3.63) is 77.4 Å². The molecule has 9 aliphatic rings. The molecule has 0 amide bonds. The minimum atomic E-state index is 0. The van der Waals surface area contributed by atoms with Crippen molar-refractivity contribution in [2.24, 2.45) is 17.3 Å². The highest BCUT2D eigenvalue weighted by atomic mass is 16.1. The van der Waals surface area contributed by atoms with E-state index in [4.69, 9.17) is 0 Å². The summed E-state index contributed by atoms with van der Waals surface area (Å²) in [6, 6.07) is 0. The average Bonchev–Trinajstić information content (AvgIpc) is 3.31. The number of hydrogen-bond acceptors (Lipinski definition) is 17. The largest absolute Gasteiger partial charge is 0.344 e. The Balaban J connectivity index is -0.0000000494. The third-order valence-corrected chi connectivity index (χ3v) is 11.7. The summed E-state index contributed by atoms with van der Waals surface area (Å²) < 4.78 is 0. The van der Waals surface area contributed by atoms with Crippen molar-refractivity contribution in [2.45, 2.75) is 182 Å². The molecule has 438 valence electrons. The standard InChI is InChI=1S/C13H24.C9H14O.C6H12N4.C6H12.C6H14.C4H10N2.5C2H4.10H3N/c1-3-7-12(8-4-1)11-13-9-5-2-6-10-13;1-7-4-8(10)6-9(2,3)5-7;1-7-2-9-4-8(1)5-10(3-7)6-9;1-2-4-6-5-3-1;1-3-5-6-4-2;1-2-6-4-3-5-1;5*1-2;;;;;;;;;;/h12-13H,1-11H2;4H,5-6H2,1-3H3;1-6H2;1-6H2;3-6H2,1-2H3;5-6H,1-4H2;5*1-2H2;10*1H3. The zero-order chi connectivity index (χ0) is 46.6. The van der Waals surface area contributed by atoms with Crippen molar-refractivity contribution in [2.75, 3.05) is 66.2 Å². The van der Waals surface area contributed by atoms with E-state index in [2.05, 4.69) is 124 Å². The maximum atomic E-state index is 11.0. The van der Waals surface area contributed by atoms with E-state index in [0.29, 0.717) is 6.42 Å². The lowest BCUT2D eigenvalue weighted by Gasteiger charge is -2.56. The summed E-state index contributed by atoms with van der Waals surface area (Å²) in [7, 11) is 0. The Bertz CT molecular complexity index is 883. The summed E-state index contributed by atoms with van der Waals surface area (Å²) in [5, 5.41) is 6.44. The lowest BCUT2D eigenvalue weighted by atomic mass is 9.77. The van der Waals surface area contributed by atoms with Crippen LogP contribution in [0.5, 0.6) is 0 Å². The first-order valence-corrected chi connectivity index (χ1v) is 24.8. The third-order valence-electron chi connectivity index (χ3n) is 11.7. The molecule has 3 saturated carbocycles. The fourth-order valence-electron chi connectivity index (χ4n) is 9.38. The summed E-state index contributed by atoms with van der Waals surface area (Å²) >= 11 is 0. The zero-order valence-corrected chi connectivity index (χ0v) is 48.9. The second-order valence-electron chi connectivity index (χ2n) is 18.1. The Morgan fingerprint density at radius 3 is 0.887 bits per heavy atom. The predicted molar refractivity (Wildman–Crippen MR) is 326 cm³/mol. The van der Waals surface area contributed by atoms with Crippen LogP contribution >= 0.6 is 0 Å². The monoisotopic (exact) mass is 1030 g/mol. The molecule has 17 nitrogen and oxygen atoms in total. The van der Waals surface area contributed by atoms with E-state index < -0.39 is 0 Å². The minimum absolute atomic E-state index is 0. The van der Waals surface area contributed by atoms with Gasteiger partial charge in [0.1, 0.15) is 0 Å². The van der Waals surface area contributed by atoms with Gasteiger partial charge in [-0.3, -0.25) is 24.4 Å². The van der Waals surface area contributed by atoms with Gasteiger partial charge in [-0.05, 0) is 43.1 Å². The Morgan fingerprint density at radius 1 is 0.451 bits per heavy atom. The highest BCUT2D eigenvalue weighted by Gasteiger charge is 2.36. The first-order chi connectivity index (χ1) is 29.8. The van der Waals surface area contributed by atoms with Crippen LogP contribution in [-0.4, -0.2) is 91.6 Å². The highest BCUT2D eigenvalue weighted by Crippen LogP contribution is 2.35. The van der Waals surface area contributed by atoms with Crippen molar-refractivity contribution >= 4 is 5.78 Å². The van der Waals surface area contributed by atoms with Crippen LogP contribution in [0.2, 0.25) is 0 Å². The van der Waals surface area contributed by atoms with Crippen LogP contribution in [0.4, 0.5) is 0 Å². The number of hydrogen-bond donors (Lipinski definition) is 12. The van der Waals surface area contributed by atoms with Crippen molar-refractivity contribution in [3.63, 3.8) is 0 Å². The molecule has 32 N–H and O–H groups in total. The normalized spacial score (nSPS) is 21.7. The van der Waals surface area contributed by atoms with E-state index in [1.165, 1.54) is 148 Å². The average molecular weight is 1030 g/mol. The van der Waals surface area contributed by atoms with Gasteiger partial charge in [0.25, 0.3) is 0 Å². The van der Waals surface area contributed by atoms with Gasteiger partial charge in [0.05, 0.1) is 40.0 Å². The number of rotatable bonds is 5. The molecule has 5 saturated heterocycles.